The molecule has 1 saturated heterocycles. The standard InChI is InChI=1S/C22H21ClN4O/c23-17-5-3-4-16(14-17)20-18-6-1-2-7-19(18)21(25-24-20)26-10-12-27(13-11-26)22(28)15-8-9-15/h1-7,14-15H,8-13H2. The Kier molecular flexibility index (Phi) is 4.40. The van der Waals surface area contributed by atoms with E-state index in [9.17, 15) is 4.79 Å². The number of hydrogen-bond donors (Lipinski definition) is 0. The van der Waals surface area contributed by atoms with Crippen molar-refractivity contribution in [1.82, 2.24) is 15.1 Å². The number of halogens is 1. The third-order valence-electron chi connectivity index (χ3n) is 5.58. The minimum Gasteiger partial charge on any atom is -0.351 e. The van der Waals surface area contributed by atoms with Crippen molar-refractivity contribution in [2.75, 3.05) is 31.1 Å². The fourth-order valence-electron chi connectivity index (χ4n) is 3.90. The van der Waals surface area contributed by atoms with E-state index in [1.165, 1.54) is 0 Å². The van der Waals surface area contributed by atoms with Crippen LogP contribution in [-0.2, 0) is 4.79 Å². The smallest absolute Gasteiger partial charge is 0.225 e. The van der Waals surface area contributed by atoms with Crippen LogP contribution < -0.4 is 4.90 Å². The van der Waals surface area contributed by atoms with Crippen LogP contribution >= 0.6 is 11.6 Å². The largest absolute Gasteiger partial charge is 0.351 e. The molecule has 1 aliphatic carbocycles. The van der Waals surface area contributed by atoms with Gasteiger partial charge in [0, 0.05) is 53.5 Å². The number of anilines is 1. The minimum atomic E-state index is 0.282. The fourth-order valence-corrected chi connectivity index (χ4v) is 4.09. The van der Waals surface area contributed by atoms with Gasteiger partial charge in [-0.25, -0.2) is 0 Å². The summed E-state index contributed by atoms with van der Waals surface area (Å²) in [5.74, 6) is 1.50. The summed E-state index contributed by atoms with van der Waals surface area (Å²) in [6.45, 7) is 3.07. The summed E-state index contributed by atoms with van der Waals surface area (Å²) < 4.78 is 0. The lowest BCUT2D eigenvalue weighted by atomic mass is 10.0. The van der Waals surface area contributed by atoms with Gasteiger partial charge >= 0.3 is 0 Å². The molecular formula is C22H21ClN4O. The number of piperazine rings is 1. The van der Waals surface area contributed by atoms with Crippen LogP contribution in [0.15, 0.2) is 48.5 Å². The van der Waals surface area contributed by atoms with Crippen molar-refractivity contribution in [2.24, 2.45) is 5.92 Å². The van der Waals surface area contributed by atoms with E-state index in [-0.39, 0.29) is 5.92 Å². The molecule has 0 N–H and O–H groups in total. The van der Waals surface area contributed by atoms with Crippen LogP contribution in [-0.4, -0.2) is 47.2 Å². The summed E-state index contributed by atoms with van der Waals surface area (Å²) >= 11 is 6.18. The molecule has 0 spiro atoms. The summed E-state index contributed by atoms with van der Waals surface area (Å²) in [6, 6.07) is 15.9. The number of rotatable bonds is 3. The molecule has 5 nitrogen and oxygen atoms in total. The number of aromatic nitrogens is 2. The molecule has 2 fully saturated rings. The van der Waals surface area contributed by atoms with Crippen molar-refractivity contribution in [1.29, 1.82) is 0 Å². The number of carbonyl (C=O) groups excluding carboxylic acids is 1. The average molecular weight is 393 g/mol. The van der Waals surface area contributed by atoms with Crippen LogP contribution in [0.25, 0.3) is 22.0 Å². The van der Waals surface area contributed by atoms with Crippen molar-refractivity contribution in [3.8, 4) is 11.3 Å². The first-order valence-corrected chi connectivity index (χ1v) is 10.1. The molecule has 0 atom stereocenters. The first-order valence-electron chi connectivity index (χ1n) is 9.76. The maximum absolute atomic E-state index is 12.3. The van der Waals surface area contributed by atoms with Gasteiger partial charge in [0.1, 0.15) is 5.69 Å². The normalized spacial score (nSPS) is 17.2. The number of amides is 1. The van der Waals surface area contributed by atoms with Gasteiger partial charge in [-0.3, -0.25) is 4.79 Å². The molecular weight excluding hydrogens is 372 g/mol. The van der Waals surface area contributed by atoms with Crippen molar-refractivity contribution >= 4 is 34.1 Å². The van der Waals surface area contributed by atoms with Gasteiger partial charge in [0.15, 0.2) is 5.82 Å². The van der Waals surface area contributed by atoms with Gasteiger partial charge in [0.2, 0.25) is 5.91 Å². The predicted octanol–water partition coefficient (Wildman–Crippen LogP) is 4.01. The summed E-state index contributed by atoms with van der Waals surface area (Å²) in [6.07, 6.45) is 2.11. The van der Waals surface area contributed by atoms with E-state index in [2.05, 4.69) is 27.2 Å². The summed E-state index contributed by atoms with van der Waals surface area (Å²) in [5.41, 5.74) is 1.80. The second-order valence-electron chi connectivity index (χ2n) is 7.51. The quantitative estimate of drug-likeness (QED) is 0.675. The van der Waals surface area contributed by atoms with Crippen LogP contribution in [0.4, 0.5) is 5.82 Å². The molecule has 2 heterocycles. The number of fused-ring (bicyclic) bond motifs is 1. The van der Waals surface area contributed by atoms with Crippen LogP contribution in [0.1, 0.15) is 12.8 Å². The zero-order valence-electron chi connectivity index (χ0n) is 15.5. The highest BCUT2D eigenvalue weighted by Gasteiger charge is 2.35. The lowest BCUT2D eigenvalue weighted by Crippen LogP contribution is -2.49. The lowest BCUT2D eigenvalue weighted by molar-refractivity contribution is -0.132. The van der Waals surface area contributed by atoms with Crippen molar-refractivity contribution in [2.45, 2.75) is 12.8 Å². The van der Waals surface area contributed by atoms with Gasteiger partial charge in [0.05, 0.1) is 0 Å². The lowest BCUT2D eigenvalue weighted by Gasteiger charge is -2.35. The Morgan fingerprint density at radius 2 is 1.68 bits per heavy atom. The molecule has 6 heteroatoms. The van der Waals surface area contributed by atoms with E-state index in [4.69, 9.17) is 11.6 Å². The number of nitrogens with zero attached hydrogens (tertiary/aromatic N) is 4. The predicted molar refractivity (Wildman–Crippen MR) is 112 cm³/mol. The topological polar surface area (TPSA) is 49.3 Å². The van der Waals surface area contributed by atoms with E-state index in [1.807, 2.05) is 41.3 Å². The molecule has 3 aromatic rings. The third kappa shape index (κ3) is 3.20. The molecule has 0 bridgehead atoms. The average Bonchev–Trinajstić information content (AvgIpc) is 3.58. The molecule has 2 aromatic carbocycles. The molecule has 1 aliphatic heterocycles. The highest BCUT2D eigenvalue weighted by molar-refractivity contribution is 6.30. The van der Waals surface area contributed by atoms with E-state index in [0.29, 0.717) is 10.9 Å². The highest BCUT2D eigenvalue weighted by atomic mass is 35.5. The highest BCUT2D eigenvalue weighted by Crippen LogP contribution is 2.34. The van der Waals surface area contributed by atoms with Gasteiger partial charge in [0.25, 0.3) is 0 Å². The molecule has 5 rings (SSSR count). The second kappa shape index (κ2) is 7.06. The maximum atomic E-state index is 12.3. The van der Waals surface area contributed by atoms with Crippen molar-refractivity contribution in [3.05, 3.63) is 53.6 Å². The molecule has 1 saturated carbocycles. The van der Waals surface area contributed by atoms with Gasteiger partial charge in [-0.15, -0.1) is 10.2 Å². The Labute approximate surface area is 168 Å². The number of benzene rings is 2. The molecule has 28 heavy (non-hydrogen) atoms. The molecule has 1 amide bonds. The first-order chi connectivity index (χ1) is 13.7. The summed E-state index contributed by atoms with van der Waals surface area (Å²) in [5, 5.41) is 12.0. The second-order valence-corrected chi connectivity index (χ2v) is 7.95. The molecule has 0 radical (unpaired) electrons. The fraction of sp³-hybridized carbons (Fsp3) is 0.318. The zero-order chi connectivity index (χ0) is 19.1. The summed E-state index contributed by atoms with van der Waals surface area (Å²) in [7, 11) is 0. The van der Waals surface area contributed by atoms with Gasteiger partial charge < -0.3 is 9.80 Å². The SMILES string of the molecule is O=C(C1CC1)N1CCN(c2nnc(-c3cccc(Cl)c3)c3ccccc23)CC1. The molecule has 0 unspecified atom stereocenters. The maximum Gasteiger partial charge on any atom is 0.225 e. The first kappa shape index (κ1) is 17.4. The van der Waals surface area contributed by atoms with Gasteiger partial charge in [-0.1, -0.05) is 48.0 Å². The molecule has 142 valence electrons. The minimum absolute atomic E-state index is 0.282. The van der Waals surface area contributed by atoms with E-state index in [0.717, 1.165) is 66.9 Å². The Hall–Kier alpha value is -2.66. The Morgan fingerprint density at radius 3 is 2.39 bits per heavy atom. The zero-order valence-corrected chi connectivity index (χ0v) is 16.3. The molecule has 1 aromatic heterocycles. The van der Waals surface area contributed by atoms with Crippen LogP contribution in [0, 0.1) is 5.92 Å². The van der Waals surface area contributed by atoms with Crippen LogP contribution in [0.2, 0.25) is 5.02 Å². The monoisotopic (exact) mass is 392 g/mol. The Balaban J connectivity index is 1.46. The van der Waals surface area contributed by atoms with E-state index in [1.54, 1.807) is 0 Å². The Bertz CT molecular complexity index is 1040. The van der Waals surface area contributed by atoms with E-state index < -0.39 is 0 Å². The summed E-state index contributed by atoms with van der Waals surface area (Å²) in [4.78, 5) is 16.6. The van der Waals surface area contributed by atoms with Gasteiger partial charge in [-0.2, -0.15) is 0 Å². The number of hydrogen-bond acceptors (Lipinski definition) is 4. The van der Waals surface area contributed by atoms with Crippen molar-refractivity contribution < 1.29 is 4.79 Å². The van der Waals surface area contributed by atoms with Crippen LogP contribution in [0.3, 0.4) is 0 Å². The Morgan fingerprint density at radius 1 is 0.929 bits per heavy atom. The van der Waals surface area contributed by atoms with E-state index >= 15 is 0 Å². The third-order valence-corrected chi connectivity index (χ3v) is 5.82. The molecule has 2 aliphatic rings. The van der Waals surface area contributed by atoms with Gasteiger partial charge in [-0.05, 0) is 25.0 Å². The van der Waals surface area contributed by atoms with Crippen molar-refractivity contribution in [3.63, 3.8) is 0 Å². The number of carbonyl (C=O) groups is 1. The van der Waals surface area contributed by atoms with Crippen LogP contribution in [0.5, 0.6) is 0 Å².